The Hall–Kier alpha value is -2.36. The SMILES string of the molecule is c1ccc(NNC2=Nc3ccccc3CC3(CCCC3)C2)nc1. The molecular weight excluding hydrogens is 284 g/mol. The first-order valence-electron chi connectivity index (χ1n) is 8.42. The lowest BCUT2D eigenvalue weighted by atomic mass is 9.77. The van der Waals surface area contributed by atoms with Gasteiger partial charge in [-0.05, 0) is 48.4 Å². The van der Waals surface area contributed by atoms with Gasteiger partial charge in [0.1, 0.15) is 11.7 Å². The molecule has 1 aromatic carbocycles. The normalized spacial score (nSPS) is 18.9. The van der Waals surface area contributed by atoms with E-state index in [1.807, 2.05) is 18.2 Å². The summed E-state index contributed by atoms with van der Waals surface area (Å²) in [4.78, 5) is 9.18. The number of hydrogen-bond acceptors (Lipinski definition) is 4. The van der Waals surface area contributed by atoms with E-state index in [1.54, 1.807) is 6.20 Å². The number of para-hydroxylation sites is 1. The molecule has 1 saturated carbocycles. The summed E-state index contributed by atoms with van der Waals surface area (Å²) in [5.74, 6) is 1.83. The lowest BCUT2D eigenvalue weighted by Crippen LogP contribution is -2.34. The molecule has 1 spiro atoms. The van der Waals surface area contributed by atoms with Gasteiger partial charge in [-0.3, -0.25) is 10.9 Å². The highest BCUT2D eigenvalue weighted by Gasteiger charge is 2.37. The summed E-state index contributed by atoms with van der Waals surface area (Å²) in [7, 11) is 0. The summed E-state index contributed by atoms with van der Waals surface area (Å²) in [5.41, 5.74) is 9.34. The summed E-state index contributed by atoms with van der Waals surface area (Å²) >= 11 is 0. The van der Waals surface area contributed by atoms with Crippen molar-refractivity contribution < 1.29 is 0 Å². The Balaban J connectivity index is 1.60. The van der Waals surface area contributed by atoms with Gasteiger partial charge in [0.2, 0.25) is 0 Å². The van der Waals surface area contributed by atoms with Gasteiger partial charge >= 0.3 is 0 Å². The van der Waals surface area contributed by atoms with Crippen LogP contribution in [0.4, 0.5) is 11.5 Å². The fourth-order valence-corrected chi connectivity index (χ4v) is 3.90. The lowest BCUT2D eigenvalue weighted by molar-refractivity contribution is 0.308. The molecule has 2 heterocycles. The van der Waals surface area contributed by atoms with Crippen molar-refractivity contribution in [3.05, 3.63) is 54.2 Å². The topological polar surface area (TPSA) is 49.3 Å². The predicted octanol–water partition coefficient (Wildman–Crippen LogP) is 4.23. The molecule has 0 amide bonds. The van der Waals surface area contributed by atoms with Crippen LogP contribution in [-0.4, -0.2) is 10.8 Å². The highest BCUT2D eigenvalue weighted by Crippen LogP contribution is 2.46. The van der Waals surface area contributed by atoms with Crippen molar-refractivity contribution in [2.45, 2.75) is 38.5 Å². The molecule has 2 N–H and O–H groups in total. The first-order chi connectivity index (χ1) is 11.3. The maximum atomic E-state index is 4.89. The van der Waals surface area contributed by atoms with E-state index in [9.17, 15) is 0 Å². The molecule has 0 radical (unpaired) electrons. The third-order valence-corrected chi connectivity index (χ3v) is 5.02. The van der Waals surface area contributed by atoms with E-state index in [1.165, 1.54) is 31.2 Å². The van der Waals surface area contributed by atoms with E-state index in [-0.39, 0.29) is 0 Å². The molecule has 2 aromatic rings. The van der Waals surface area contributed by atoms with Gasteiger partial charge in [-0.25, -0.2) is 9.98 Å². The van der Waals surface area contributed by atoms with Crippen LogP contribution in [0.25, 0.3) is 0 Å². The maximum absolute atomic E-state index is 4.89. The third-order valence-electron chi connectivity index (χ3n) is 5.02. The quantitative estimate of drug-likeness (QED) is 0.816. The number of hydrogen-bond donors (Lipinski definition) is 2. The highest BCUT2D eigenvalue weighted by atomic mass is 15.4. The molecule has 1 aliphatic heterocycles. The zero-order chi connectivity index (χ0) is 15.5. The zero-order valence-corrected chi connectivity index (χ0v) is 13.3. The molecule has 4 heteroatoms. The summed E-state index contributed by atoms with van der Waals surface area (Å²) in [6.45, 7) is 0. The first-order valence-corrected chi connectivity index (χ1v) is 8.42. The van der Waals surface area contributed by atoms with Crippen molar-refractivity contribution in [3.63, 3.8) is 0 Å². The Morgan fingerprint density at radius 1 is 0.870 bits per heavy atom. The van der Waals surface area contributed by atoms with E-state index < -0.39 is 0 Å². The summed E-state index contributed by atoms with van der Waals surface area (Å²) in [5, 5.41) is 0. The summed E-state index contributed by atoms with van der Waals surface area (Å²) < 4.78 is 0. The number of nitrogens with zero attached hydrogens (tertiary/aromatic N) is 2. The van der Waals surface area contributed by atoms with E-state index in [0.29, 0.717) is 5.41 Å². The minimum absolute atomic E-state index is 0.365. The maximum Gasteiger partial charge on any atom is 0.144 e. The number of hydrazine groups is 1. The predicted molar refractivity (Wildman–Crippen MR) is 93.8 cm³/mol. The number of fused-ring (bicyclic) bond motifs is 1. The Morgan fingerprint density at radius 3 is 2.52 bits per heavy atom. The Morgan fingerprint density at radius 2 is 1.70 bits per heavy atom. The molecule has 0 bridgehead atoms. The molecule has 1 fully saturated rings. The second kappa shape index (κ2) is 6.03. The molecule has 0 saturated heterocycles. The smallest absolute Gasteiger partial charge is 0.144 e. The monoisotopic (exact) mass is 306 g/mol. The van der Waals surface area contributed by atoms with Crippen molar-refractivity contribution >= 4 is 17.3 Å². The molecule has 1 aromatic heterocycles. The van der Waals surface area contributed by atoms with Crippen LogP contribution < -0.4 is 10.9 Å². The van der Waals surface area contributed by atoms with Gasteiger partial charge < -0.3 is 0 Å². The Kier molecular flexibility index (Phi) is 3.74. The molecule has 0 atom stereocenters. The van der Waals surface area contributed by atoms with Crippen LogP contribution in [0.1, 0.15) is 37.7 Å². The molecule has 1 aliphatic carbocycles. The minimum atomic E-state index is 0.365. The lowest BCUT2D eigenvalue weighted by Gasteiger charge is -2.28. The number of rotatable bonds is 2. The fourth-order valence-electron chi connectivity index (χ4n) is 3.90. The molecule has 118 valence electrons. The van der Waals surface area contributed by atoms with Gasteiger partial charge in [-0.2, -0.15) is 0 Å². The second-order valence-corrected chi connectivity index (χ2v) is 6.71. The zero-order valence-electron chi connectivity index (χ0n) is 13.3. The van der Waals surface area contributed by atoms with Crippen LogP contribution in [0.15, 0.2) is 53.7 Å². The number of aliphatic imine (C=N–C) groups is 1. The van der Waals surface area contributed by atoms with Crippen LogP contribution in [0, 0.1) is 5.41 Å². The number of anilines is 1. The van der Waals surface area contributed by atoms with Crippen LogP contribution >= 0.6 is 0 Å². The van der Waals surface area contributed by atoms with Crippen molar-refractivity contribution in [1.82, 2.24) is 10.4 Å². The van der Waals surface area contributed by atoms with E-state index >= 15 is 0 Å². The van der Waals surface area contributed by atoms with E-state index in [0.717, 1.165) is 30.2 Å². The van der Waals surface area contributed by atoms with Crippen molar-refractivity contribution in [2.24, 2.45) is 10.4 Å². The fraction of sp³-hybridized carbons (Fsp3) is 0.368. The van der Waals surface area contributed by atoms with Crippen LogP contribution in [0.2, 0.25) is 0 Å². The third kappa shape index (κ3) is 3.07. The molecule has 4 rings (SSSR count). The first kappa shape index (κ1) is 14.2. The van der Waals surface area contributed by atoms with Crippen molar-refractivity contribution in [3.8, 4) is 0 Å². The number of nitrogens with one attached hydrogen (secondary N) is 2. The summed E-state index contributed by atoms with van der Waals surface area (Å²) in [6.07, 6.45) is 9.19. The second-order valence-electron chi connectivity index (χ2n) is 6.71. The van der Waals surface area contributed by atoms with Gasteiger partial charge in [0.15, 0.2) is 0 Å². The average Bonchev–Trinajstić information content (AvgIpc) is 2.96. The minimum Gasteiger partial charge on any atom is -0.286 e. The molecular formula is C19H22N4. The Labute approximate surface area is 137 Å². The largest absolute Gasteiger partial charge is 0.286 e. The van der Waals surface area contributed by atoms with Gasteiger partial charge in [0.25, 0.3) is 0 Å². The van der Waals surface area contributed by atoms with Gasteiger partial charge in [0, 0.05) is 12.6 Å². The molecule has 0 unspecified atom stereocenters. The van der Waals surface area contributed by atoms with Gasteiger partial charge in [0.05, 0.1) is 5.69 Å². The highest BCUT2D eigenvalue weighted by molar-refractivity contribution is 5.87. The van der Waals surface area contributed by atoms with Crippen LogP contribution in [-0.2, 0) is 6.42 Å². The van der Waals surface area contributed by atoms with Crippen molar-refractivity contribution in [1.29, 1.82) is 0 Å². The molecule has 2 aliphatic rings. The summed E-state index contributed by atoms with van der Waals surface area (Å²) in [6, 6.07) is 14.4. The molecule has 4 nitrogen and oxygen atoms in total. The standard InChI is InChI=1S/C19H22N4/c1-2-8-16-15(7-1)13-19(10-4-5-11-19)14-18(21-16)23-22-17-9-3-6-12-20-17/h1-3,6-9,12H,4-5,10-11,13-14H2,(H,20,22)(H,21,23). The van der Waals surface area contributed by atoms with Crippen LogP contribution in [0.5, 0.6) is 0 Å². The number of pyridine rings is 1. The van der Waals surface area contributed by atoms with E-state index in [2.05, 4.69) is 40.1 Å². The van der Waals surface area contributed by atoms with Gasteiger partial charge in [-0.1, -0.05) is 37.1 Å². The Bertz CT molecular complexity index is 702. The number of aromatic nitrogens is 1. The number of benzene rings is 1. The number of amidine groups is 1. The van der Waals surface area contributed by atoms with Crippen molar-refractivity contribution in [2.75, 3.05) is 5.43 Å². The average molecular weight is 306 g/mol. The van der Waals surface area contributed by atoms with E-state index in [4.69, 9.17) is 4.99 Å². The molecule has 23 heavy (non-hydrogen) atoms. The van der Waals surface area contributed by atoms with Crippen LogP contribution in [0.3, 0.4) is 0 Å². The van der Waals surface area contributed by atoms with Gasteiger partial charge in [-0.15, -0.1) is 0 Å².